The highest BCUT2D eigenvalue weighted by Gasteiger charge is 2.58. The maximum absolute atomic E-state index is 13.0. The van der Waals surface area contributed by atoms with Gasteiger partial charge in [-0.3, -0.25) is 4.79 Å². The molecule has 1 saturated carbocycles. The van der Waals surface area contributed by atoms with Gasteiger partial charge in [-0.1, -0.05) is 0 Å². The molecule has 0 radical (unpaired) electrons. The molecular weight excluding hydrogens is 339 g/mol. The molecule has 1 aliphatic carbocycles. The van der Waals surface area contributed by atoms with Gasteiger partial charge in [-0.05, 0) is 47.1 Å². The zero-order chi connectivity index (χ0) is 17.4. The third-order valence-electron chi connectivity index (χ3n) is 5.51. The number of thiophene rings is 1. The van der Waals surface area contributed by atoms with Gasteiger partial charge in [0.1, 0.15) is 0 Å². The van der Waals surface area contributed by atoms with Crippen LogP contribution in [0, 0.1) is 11.2 Å². The molecule has 0 aromatic carbocycles. The highest BCUT2D eigenvalue weighted by Crippen LogP contribution is 2.57. The van der Waals surface area contributed by atoms with Gasteiger partial charge in [-0.15, -0.1) is 0 Å². The minimum atomic E-state index is -0.412. The van der Waals surface area contributed by atoms with Crippen LogP contribution in [0.15, 0.2) is 29.2 Å². The summed E-state index contributed by atoms with van der Waals surface area (Å²) >= 11 is 1.67. The van der Waals surface area contributed by atoms with Gasteiger partial charge in [0.05, 0.1) is 12.4 Å². The summed E-state index contributed by atoms with van der Waals surface area (Å²) < 4.78 is 13.0. The van der Waals surface area contributed by atoms with Crippen LogP contribution in [-0.2, 0) is 11.3 Å². The van der Waals surface area contributed by atoms with Crippen molar-refractivity contribution in [1.29, 1.82) is 0 Å². The average Bonchev–Trinajstić information content (AvgIpc) is 3.04. The fourth-order valence-electron chi connectivity index (χ4n) is 3.95. The number of halogens is 1. The van der Waals surface area contributed by atoms with Crippen LogP contribution in [0.4, 0.5) is 10.3 Å². The van der Waals surface area contributed by atoms with Crippen molar-refractivity contribution in [2.24, 2.45) is 5.41 Å². The lowest BCUT2D eigenvalue weighted by Gasteiger charge is -2.34. The molecule has 4 rings (SSSR count). The second-order valence-corrected chi connectivity index (χ2v) is 7.83. The van der Waals surface area contributed by atoms with Crippen molar-refractivity contribution in [2.45, 2.75) is 38.8 Å². The SMILES string of the molecule is CC(=O)N(Cc1ccsc1)[C@H]1CC12CCN(c1ncc(F)cn1)CC2. The van der Waals surface area contributed by atoms with Crippen molar-refractivity contribution in [3.05, 3.63) is 40.6 Å². The molecule has 2 aromatic rings. The molecule has 1 spiro atoms. The second kappa shape index (κ2) is 6.37. The Hall–Kier alpha value is -2.02. The predicted octanol–water partition coefficient (Wildman–Crippen LogP) is 3.08. The first-order chi connectivity index (χ1) is 12.1. The monoisotopic (exact) mass is 360 g/mol. The van der Waals surface area contributed by atoms with Crippen LogP contribution in [-0.4, -0.2) is 39.9 Å². The van der Waals surface area contributed by atoms with E-state index in [9.17, 15) is 9.18 Å². The molecule has 7 heteroatoms. The van der Waals surface area contributed by atoms with E-state index in [4.69, 9.17) is 0 Å². The summed E-state index contributed by atoms with van der Waals surface area (Å²) in [6.07, 6.45) is 5.54. The first-order valence-electron chi connectivity index (χ1n) is 8.58. The third-order valence-corrected chi connectivity index (χ3v) is 6.24. The van der Waals surface area contributed by atoms with Crippen molar-refractivity contribution in [2.75, 3.05) is 18.0 Å². The fourth-order valence-corrected chi connectivity index (χ4v) is 4.61. The van der Waals surface area contributed by atoms with Gasteiger partial charge in [-0.2, -0.15) is 11.3 Å². The number of hydrogen-bond acceptors (Lipinski definition) is 5. The highest BCUT2D eigenvalue weighted by molar-refractivity contribution is 7.07. The fraction of sp³-hybridized carbons (Fsp3) is 0.500. The molecule has 2 aliphatic rings. The van der Waals surface area contributed by atoms with Crippen molar-refractivity contribution in [3.63, 3.8) is 0 Å². The first kappa shape index (κ1) is 16.4. The number of anilines is 1. The number of carbonyl (C=O) groups excluding carboxylic acids is 1. The summed E-state index contributed by atoms with van der Waals surface area (Å²) in [5, 5.41) is 4.16. The molecule has 5 nitrogen and oxygen atoms in total. The van der Waals surface area contributed by atoms with E-state index >= 15 is 0 Å². The van der Waals surface area contributed by atoms with Crippen molar-refractivity contribution >= 4 is 23.2 Å². The van der Waals surface area contributed by atoms with E-state index in [1.165, 1.54) is 18.0 Å². The molecule has 2 fully saturated rings. The number of hydrogen-bond donors (Lipinski definition) is 0. The van der Waals surface area contributed by atoms with Crippen LogP contribution in [0.1, 0.15) is 31.7 Å². The van der Waals surface area contributed by atoms with Gasteiger partial charge >= 0.3 is 0 Å². The quantitative estimate of drug-likeness (QED) is 0.841. The molecule has 1 saturated heterocycles. The zero-order valence-corrected chi connectivity index (χ0v) is 15.0. The Labute approximate surface area is 150 Å². The maximum Gasteiger partial charge on any atom is 0.225 e. The van der Waals surface area contributed by atoms with Crippen LogP contribution in [0.2, 0.25) is 0 Å². The smallest absolute Gasteiger partial charge is 0.225 e. The minimum absolute atomic E-state index is 0.150. The minimum Gasteiger partial charge on any atom is -0.341 e. The van der Waals surface area contributed by atoms with Gasteiger partial charge in [-0.25, -0.2) is 14.4 Å². The Balaban J connectivity index is 1.40. The summed E-state index contributed by atoms with van der Waals surface area (Å²) in [5.74, 6) is 0.331. The molecule has 0 bridgehead atoms. The molecule has 25 heavy (non-hydrogen) atoms. The molecule has 1 aliphatic heterocycles. The number of rotatable bonds is 4. The van der Waals surface area contributed by atoms with E-state index in [2.05, 4.69) is 31.7 Å². The Bertz CT molecular complexity index is 741. The standard InChI is InChI=1S/C18H21FN4OS/c1-13(24)23(11-14-2-7-25-12-14)16-8-18(16)3-5-22(6-4-18)17-20-9-15(19)10-21-17/h2,7,9-10,12,16H,3-6,8,11H2,1H3/t16-/m0/s1. The number of nitrogens with zero attached hydrogens (tertiary/aromatic N) is 4. The van der Waals surface area contributed by atoms with Gasteiger partial charge in [0.2, 0.25) is 11.9 Å². The second-order valence-electron chi connectivity index (χ2n) is 7.05. The largest absolute Gasteiger partial charge is 0.341 e. The summed E-state index contributed by atoms with van der Waals surface area (Å²) in [6, 6.07) is 2.42. The topological polar surface area (TPSA) is 49.3 Å². The predicted molar refractivity (Wildman–Crippen MR) is 94.8 cm³/mol. The molecule has 0 N–H and O–H groups in total. The van der Waals surface area contributed by atoms with E-state index in [0.29, 0.717) is 18.5 Å². The van der Waals surface area contributed by atoms with Crippen LogP contribution < -0.4 is 4.90 Å². The van der Waals surface area contributed by atoms with E-state index in [1.807, 2.05) is 4.90 Å². The van der Waals surface area contributed by atoms with Crippen LogP contribution >= 0.6 is 11.3 Å². The number of amides is 1. The molecule has 1 atom stereocenters. The summed E-state index contributed by atoms with van der Waals surface area (Å²) in [5.41, 5.74) is 1.44. The highest BCUT2D eigenvalue weighted by atomic mass is 32.1. The lowest BCUT2D eigenvalue weighted by atomic mass is 9.92. The van der Waals surface area contributed by atoms with Crippen LogP contribution in [0.25, 0.3) is 0 Å². The lowest BCUT2D eigenvalue weighted by Crippen LogP contribution is -2.40. The maximum atomic E-state index is 13.0. The van der Waals surface area contributed by atoms with Gasteiger partial charge < -0.3 is 9.80 Å². The van der Waals surface area contributed by atoms with Crippen LogP contribution in [0.3, 0.4) is 0 Å². The molecule has 132 valence electrons. The Morgan fingerprint density at radius 3 is 2.72 bits per heavy atom. The van der Waals surface area contributed by atoms with Gasteiger partial charge in [0.15, 0.2) is 5.82 Å². The summed E-state index contributed by atoms with van der Waals surface area (Å²) in [6.45, 7) is 4.08. The molecular formula is C18H21FN4OS. The summed E-state index contributed by atoms with van der Waals surface area (Å²) in [4.78, 5) is 24.5. The zero-order valence-electron chi connectivity index (χ0n) is 14.2. The molecule has 1 amide bonds. The third kappa shape index (κ3) is 3.25. The normalized spacial score (nSPS) is 21.4. The molecule has 2 aromatic heterocycles. The van der Waals surface area contributed by atoms with Crippen molar-refractivity contribution < 1.29 is 9.18 Å². The van der Waals surface area contributed by atoms with E-state index in [-0.39, 0.29) is 11.3 Å². The number of piperidine rings is 1. The van der Waals surface area contributed by atoms with E-state index in [1.54, 1.807) is 18.3 Å². The Kier molecular flexibility index (Phi) is 4.19. The Morgan fingerprint density at radius 2 is 2.12 bits per heavy atom. The first-order valence-corrected chi connectivity index (χ1v) is 9.52. The van der Waals surface area contributed by atoms with Gasteiger partial charge in [0, 0.05) is 32.6 Å². The Morgan fingerprint density at radius 1 is 1.40 bits per heavy atom. The van der Waals surface area contributed by atoms with Crippen molar-refractivity contribution in [3.8, 4) is 0 Å². The van der Waals surface area contributed by atoms with Crippen molar-refractivity contribution in [1.82, 2.24) is 14.9 Å². The molecule has 0 unspecified atom stereocenters. The van der Waals surface area contributed by atoms with E-state index < -0.39 is 5.82 Å². The average molecular weight is 360 g/mol. The molecule has 3 heterocycles. The van der Waals surface area contributed by atoms with Gasteiger partial charge in [0.25, 0.3) is 0 Å². The summed E-state index contributed by atoms with van der Waals surface area (Å²) in [7, 11) is 0. The van der Waals surface area contributed by atoms with Crippen LogP contribution in [0.5, 0.6) is 0 Å². The number of carbonyl (C=O) groups is 1. The lowest BCUT2D eigenvalue weighted by molar-refractivity contribution is -0.130. The van der Waals surface area contributed by atoms with E-state index in [0.717, 1.165) is 32.4 Å². The number of aromatic nitrogens is 2.